The molecule has 0 amide bonds. The molecule has 0 aliphatic heterocycles. The molecular formula is C13H10N4. The summed E-state index contributed by atoms with van der Waals surface area (Å²) in [6.45, 7) is 0. The van der Waals surface area contributed by atoms with Crippen molar-refractivity contribution in [3.05, 3.63) is 55.1 Å². The first-order valence-corrected chi connectivity index (χ1v) is 5.31. The van der Waals surface area contributed by atoms with E-state index in [4.69, 9.17) is 0 Å². The standard InChI is InChI=1S/C13H10N4/c1-2-6-14-11(4-1)10-5-9-15-12(10)13-16-7-3-8-17-13/h1-9,15H. The second-order valence-corrected chi connectivity index (χ2v) is 3.55. The molecule has 3 aromatic heterocycles. The van der Waals surface area contributed by atoms with E-state index in [1.807, 2.05) is 30.5 Å². The Bertz CT molecular complexity index is 548. The highest BCUT2D eigenvalue weighted by atomic mass is 14.9. The van der Waals surface area contributed by atoms with Crippen molar-refractivity contribution >= 4 is 0 Å². The van der Waals surface area contributed by atoms with Gasteiger partial charge in [-0.15, -0.1) is 0 Å². The Morgan fingerprint density at radius 1 is 0.824 bits per heavy atom. The number of H-pyrrole nitrogens is 1. The number of nitrogens with zero attached hydrogens (tertiary/aromatic N) is 3. The normalized spacial score (nSPS) is 10.4. The van der Waals surface area contributed by atoms with Gasteiger partial charge in [0.25, 0.3) is 0 Å². The summed E-state index contributed by atoms with van der Waals surface area (Å²) in [7, 11) is 0. The molecule has 0 aliphatic carbocycles. The monoisotopic (exact) mass is 222 g/mol. The Morgan fingerprint density at radius 2 is 1.65 bits per heavy atom. The molecule has 0 unspecified atom stereocenters. The molecule has 1 N–H and O–H groups in total. The maximum atomic E-state index is 4.33. The van der Waals surface area contributed by atoms with Crippen LogP contribution in [0.4, 0.5) is 0 Å². The fourth-order valence-electron chi connectivity index (χ4n) is 1.72. The van der Waals surface area contributed by atoms with Gasteiger partial charge < -0.3 is 4.98 Å². The molecule has 4 heteroatoms. The molecular weight excluding hydrogens is 212 g/mol. The Kier molecular flexibility index (Phi) is 2.38. The van der Waals surface area contributed by atoms with Crippen LogP contribution in [0.5, 0.6) is 0 Å². The van der Waals surface area contributed by atoms with Gasteiger partial charge in [-0.2, -0.15) is 0 Å². The van der Waals surface area contributed by atoms with Crippen molar-refractivity contribution < 1.29 is 0 Å². The Labute approximate surface area is 98.4 Å². The number of nitrogens with one attached hydrogen (secondary N) is 1. The lowest BCUT2D eigenvalue weighted by molar-refractivity contribution is 1.15. The Morgan fingerprint density at radius 3 is 2.41 bits per heavy atom. The van der Waals surface area contributed by atoms with Crippen LogP contribution in [0, 0.1) is 0 Å². The topological polar surface area (TPSA) is 54.5 Å². The number of aromatic nitrogens is 4. The smallest absolute Gasteiger partial charge is 0.176 e. The van der Waals surface area contributed by atoms with Crippen molar-refractivity contribution in [3.8, 4) is 22.8 Å². The van der Waals surface area contributed by atoms with Crippen LogP contribution in [0.2, 0.25) is 0 Å². The van der Waals surface area contributed by atoms with Gasteiger partial charge in [0, 0.05) is 30.4 Å². The lowest BCUT2D eigenvalue weighted by atomic mass is 10.1. The zero-order valence-electron chi connectivity index (χ0n) is 9.04. The van der Waals surface area contributed by atoms with Crippen LogP contribution in [-0.2, 0) is 0 Å². The van der Waals surface area contributed by atoms with Crippen LogP contribution < -0.4 is 0 Å². The van der Waals surface area contributed by atoms with E-state index in [-0.39, 0.29) is 0 Å². The minimum absolute atomic E-state index is 0.679. The zero-order valence-corrected chi connectivity index (χ0v) is 9.04. The van der Waals surface area contributed by atoms with E-state index in [0.29, 0.717) is 5.82 Å². The van der Waals surface area contributed by atoms with E-state index in [1.54, 1.807) is 24.7 Å². The molecule has 3 aromatic rings. The maximum Gasteiger partial charge on any atom is 0.176 e. The third-order valence-electron chi connectivity index (χ3n) is 2.48. The minimum Gasteiger partial charge on any atom is -0.358 e. The summed E-state index contributed by atoms with van der Waals surface area (Å²) in [5, 5.41) is 0. The average Bonchev–Trinajstić information content (AvgIpc) is 2.90. The van der Waals surface area contributed by atoms with Gasteiger partial charge in [-0.05, 0) is 24.3 Å². The van der Waals surface area contributed by atoms with Crippen molar-refractivity contribution in [3.63, 3.8) is 0 Å². The van der Waals surface area contributed by atoms with Gasteiger partial charge >= 0.3 is 0 Å². The van der Waals surface area contributed by atoms with Crippen LogP contribution in [-0.4, -0.2) is 19.9 Å². The van der Waals surface area contributed by atoms with Crippen molar-refractivity contribution in [2.75, 3.05) is 0 Å². The Balaban J connectivity index is 2.13. The van der Waals surface area contributed by atoms with Crippen molar-refractivity contribution in [2.45, 2.75) is 0 Å². The summed E-state index contributed by atoms with van der Waals surface area (Å²) >= 11 is 0. The van der Waals surface area contributed by atoms with Crippen LogP contribution in [0.25, 0.3) is 22.8 Å². The van der Waals surface area contributed by atoms with E-state index in [9.17, 15) is 0 Å². The van der Waals surface area contributed by atoms with Gasteiger partial charge in [-0.1, -0.05) is 6.07 Å². The zero-order chi connectivity index (χ0) is 11.5. The molecule has 0 saturated carbocycles. The van der Waals surface area contributed by atoms with Gasteiger partial charge in [0.1, 0.15) is 0 Å². The highest BCUT2D eigenvalue weighted by Crippen LogP contribution is 2.26. The van der Waals surface area contributed by atoms with Crippen molar-refractivity contribution in [1.82, 2.24) is 19.9 Å². The largest absolute Gasteiger partial charge is 0.358 e. The third-order valence-corrected chi connectivity index (χ3v) is 2.48. The second-order valence-electron chi connectivity index (χ2n) is 3.55. The highest BCUT2D eigenvalue weighted by molar-refractivity contribution is 5.75. The molecule has 17 heavy (non-hydrogen) atoms. The first-order chi connectivity index (χ1) is 8.45. The summed E-state index contributed by atoms with van der Waals surface area (Å²) in [6.07, 6.45) is 7.10. The fourth-order valence-corrected chi connectivity index (χ4v) is 1.72. The number of pyridine rings is 1. The highest BCUT2D eigenvalue weighted by Gasteiger charge is 2.10. The van der Waals surface area contributed by atoms with Gasteiger partial charge in [0.2, 0.25) is 0 Å². The van der Waals surface area contributed by atoms with Gasteiger partial charge in [0.05, 0.1) is 11.4 Å². The number of aromatic amines is 1. The van der Waals surface area contributed by atoms with E-state index < -0.39 is 0 Å². The second kappa shape index (κ2) is 4.17. The quantitative estimate of drug-likeness (QED) is 0.724. The summed E-state index contributed by atoms with van der Waals surface area (Å²) in [4.78, 5) is 16.0. The fraction of sp³-hybridized carbons (Fsp3) is 0. The number of hydrogen-bond donors (Lipinski definition) is 1. The third kappa shape index (κ3) is 1.80. The molecule has 3 rings (SSSR count). The molecule has 3 heterocycles. The van der Waals surface area contributed by atoms with Crippen LogP contribution in [0.3, 0.4) is 0 Å². The lowest BCUT2D eigenvalue weighted by Crippen LogP contribution is -1.90. The lowest BCUT2D eigenvalue weighted by Gasteiger charge is -2.01. The SMILES string of the molecule is c1ccc(-c2cc[nH]c2-c2ncccn2)nc1. The van der Waals surface area contributed by atoms with E-state index >= 15 is 0 Å². The summed E-state index contributed by atoms with van der Waals surface area (Å²) in [5.41, 5.74) is 2.82. The first-order valence-electron chi connectivity index (χ1n) is 5.31. The van der Waals surface area contributed by atoms with Crippen LogP contribution >= 0.6 is 0 Å². The van der Waals surface area contributed by atoms with Crippen LogP contribution in [0.1, 0.15) is 0 Å². The molecule has 0 spiro atoms. The predicted octanol–water partition coefficient (Wildman–Crippen LogP) is 2.53. The molecule has 0 atom stereocenters. The molecule has 0 bridgehead atoms. The Hall–Kier alpha value is -2.49. The van der Waals surface area contributed by atoms with Crippen molar-refractivity contribution in [1.29, 1.82) is 0 Å². The molecule has 82 valence electrons. The summed E-state index contributed by atoms with van der Waals surface area (Å²) in [6, 6.07) is 9.61. The number of hydrogen-bond acceptors (Lipinski definition) is 3. The van der Waals surface area contributed by atoms with Gasteiger partial charge in [0.15, 0.2) is 5.82 Å². The predicted molar refractivity (Wildman–Crippen MR) is 65.0 cm³/mol. The molecule has 0 fully saturated rings. The molecule has 0 aromatic carbocycles. The number of rotatable bonds is 2. The van der Waals surface area contributed by atoms with E-state index in [2.05, 4.69) is 19.9 Å². The van der Waals surface area contributed by atoms with Crippen LogP contribution in [0.15, 0.2) is 55.1 Å². The molecule has 0 aliphatic rings. The van der Waals surface area contributed by atoms with Gasteiger partial charge in [-0.3, -0.25) is 4.98 Å². The molecule has 0 saturated heterocycles. The molecule has 0 radical (unpaired) electrons. The molecule has 4 nitrogen and oxygen atoms in total. The first kappa shape index (κ1) is 9.72. The summed E-state index contributed by atoms with van der Waals surface area (Å²) < 4.78 is 0. The summed E-state index contributed by atoms with van der Waals surface area (Å²) in [5.74, 6) is 0.679. The minimum atomic E-state index is 0.679. The maximum absolute atomic E-state index is 4.33. The van der Waals surface area contributed by atoms with Gasteiger partial charge in [-0.25, -0.2) is 9.97 Å². The van der Waals surface area contributed by atoms with E-state index in [0.717, 1.165) is 17.0 Å². The van der Waals surface area contributed by atoms with Crippen molar-refractivity contribution in [2.24, 2.45) is 0 Å². The average molecular weight is 222 g/mol. The van der Waals surface area contributed by atoms with E-state index in [1.165, 1.54) is 0 Å².